The molecule has 0 fully saturated rings. The maximum atomic E-state index is 12.3. The van der Waals surface area contributed by atoms with E-state index in [1.54, 1.807) is 24.5 Å². The first kappa shape index (κ1) is 19.5. The molecule has 140 valence electrons. The fraction of sp³-hybridized carbons (Fsp3) is 0.421. The molecule has 2 aromatic rings. The van der Waals surface area contributed by atoms with E-state index < -0.39 is 5.97 Å². The number of H-pyrrole nitrogens is 1. The molecule has 1 amide bonds. The van der Waals surface area contributed by atoms with E-state index in [0.29, 0.717) is 23.4 Å². The number of esters is 1. The molecule has 2 aromatic heterocycles. The van der Waals surface area contributed by atoms with Crippen LogP contribution in [0.3, 0.4) is 0 Å². The summed E-state index contributed by atoms with van der Waals surface area (Å²) in [5.74, 6) is -0.629. The Morgan fingerprint density at radius 1 is 1.19 bits per heavy atom. The maximum absolute atomic E-state index is 12.3. The third kappa shape index (κ3) is 4.22. The van der Waals surface area contributed by atoms with Crippen LogP contribution in [0.4, 0.5) is 0 Å². The van der Waals surface area contributed by atoms with E-state index in [1.807, 2.05) is 26.8 Å². The lowest BCUT2D eigenvalue weighted by molar-refractivity contribution is -0.121. The first-order chi connectivity index (χ1) is 12.2. The van der Waals surface area contributed by atoms with Gasteiger partial charge in [0.15, 0.2) is 0 Å². The number of hydrogen-bond donors (Lipinski definition) is 2. The van der Waals surface area contributed by atoms with Gasteiger partial charge in [0.25, 0.3) is 5.56 Å². The molecule has 0 aliphatic heterocycles. The van der Waals surface area contributed by atoms with Crippen molar-refractivity contribution in [1.29, 1.82) is 0 Å². The van der Waals surface area contributed by atoms with E-state index in [-0.39, 0.29) is 24.6 Å². The van der Waals surface area contributed by atoms with Crippen molar-refractivity contribution >= 4 is 11.9 Å². The average molecular weight is 359 g/mol. The summed E-state index contributed by atoms with van der Waals surface area (Å²) in [6, 6.07) is 3.59. The molecular weight excluding hydrogens is 334 g/mol. The average Bonchev–Trinajstić information content (AvgIpc) is 2.82. The highest BCUT2D eigenvalue weighted by atomic mass is 16.5. The Morgan fingerprint density at radius 2 is 1.88 bits per heavy atom. The Kier molecular flexibility index (Phi) is 6.02. The number of nitrogens with zero attached hydrogens (tertiary/aromatic N) is 1. The summed E-state index contributed by atoms with van der Waals surface area (Å²) < 4.78 is 6.79. The first-order valence-electron chi connectivity index (χ1n) is 8.54. The largest absolute Gasteiger partial charge is 0.462 e. The molecule has 0 atom stereocenters. The summed E-state index contributed by atoms with van der Waals surface area (Å²) >= 11 is 0. The molecule has 0 unspecified atom stereocenters. The fourth-order valence-corrected chi connectivity index (χ4v) is 2.95. The van der Waals surface area contributed by atoms with E-state index in [9.17, 15) is 14.4 Å². The zero-order valence-electron chi connectivity index (χ0n) is 15.9. The second-order valence-electron chi connectivity index (χ2n) is 6.31. The molecule has 0 spiro atoms. The molecule has 2 rings (SSSR count). The molecular formula is C19H25N3O4. The molecule has 0 aliphatic rings. The summed E-state index contributed by atoms with van der Waals surface area (Å²) in [5.41, 5.74) is 3.91. The van der Waals surface area contributed by atoms with Crippen molar-refractivity contribution < 1.29 is 14.3 Å². The molecule has 0 aliphatic carbocycles. The van der Waals surface area contributed by atoms with Gasteiger partial charge in [-0.05, 0) is 52.3 Å². The number of aromatic nitrogens is 2. The number of carbonyl (C=O) groups is 2. The van der Waals surface area contributed by atoms with Crippen molar-refractivity contribution in [2.75, 3.05) is 6.61 Å². The highest BCUT2D eigenvalue weighted by Gasteiger charge is 2.18. The normalized spacial score (nSPS) is 10.7. The minimum absolute atomic E-state index is 0.0693. The van der Waals surface area contributed by atoms with Crippen LogP contribution in [-0.2, 0) is 22.6 Å². The van der Waals surface area contributed by atoms with Crippen LogP contribution in [0.1, 0.15) is 45.5 Å². The van der Waals surface area contributed by atoms with E-state index in [0.717, 1.165) is 17.0 Å². The number of aromatic amines is 1. The summed E-state index contributed by atoms with van der Waals surface area (Å²) in [6.45, 7) is 9.54. The van der Waals surface area contributed by atoms with E-state index in [2.05, 4.69) is 10.3 Å². The summed E-state index contributed by atoms with van der Waals surface area (Å²) in [5, 5.41) is 2.77. The number of carbonyl (C=O) groups excluding carboxylic acids is 2. The number of rotatable bonds is 6. The third-order valence-electron chi connectivity index (χ3n) is 4.33. The van der Waals surface area contributed by atoms with Crippen molar-refractivity contribution in [2.45, 2.75) is 47.7 Å². The van der Waals surface area contributed by atoms with Gasteiger partial charge in [0.05, 0.1) is 12.2 Å². The molecule has 26 heavy (non-hydrogen) atoms. The summed E-state index contributed by atoms with van der Waals surface area (Å²) in [6.07, 6.45) is 0. The van der Waals surface area contributed by atoms with Gasteiger partial charge in [0.1, 0.15) is 6.54 Å². The second kappa shape index (κ2) is 8.03. The molecule has 7 nitrogen and oxygen atoms in total. The topological polar surface area (TPSA) is 93.2 Å². The fourth-order valence-electron chi connectivity index (χ4n) is 2.95. The van der Waals surface area contributed by atoms with Crippen LogP contribution in [0.15, 0.2) is 16.9 Å². The van der Waals surface area contributed by atoms with E-state index in [1.165, 1.54) is 0 Å². The minimum atomic E-state index is -0.394. The van der Waals surface area contributed by atoms with Crippen molar-refractivity contribution in [3.05, 3.63) is 56.3 Å². The number of hydrogen-bond acceptors (Lipinski definition) is 4. The van der Waals surface area contributed by atoms with Crippen molar-refractivity contribution in [1.82, 2.24) is 14.9 Å². The van der Waals surface area contributed by atoms with Crippen LogP contribution in [-0.4, -0.2) is 28.0 Å². The number of ether oxygens (including phenoxy) is 1. The zero-order chi connectivity index (χ0) is 19.4. The number of amides is 1. The van der Waals surface area contributed by atoms with Crippen molar-refractivity contribution in [2.24, 2.45) is 0 Å². The lowest BCUT2D eigenvalue weighted by Gasteiger charge is -2.11. The van der Waals surface area contributed by atoms with Gasteiger partial charge in [-0.15, -0.1) is 0 Å². The van der Waals surface area contributed by atoms with Crippen LogP contribution < -0.4 is 10.9 Å². The molecule has 0 saturated carbocycles. The highest BCUT2D eigenvalue weighted by molar-refractivity contribution is 5.91. The monoisotopic (exact) mass is 359 g/mol. The Morgan fingerprint density at radius 3 is 2.50 bits per heavy atom. The summed E-state index contributed by atoms with van der Waals surface area (Å²) in [7, 11) is 0. The molecule has 0 aromatic carbocycles. The summed E-state index contributed by atoms with van der Waals surface area (Å²) in [4.78, 5) is 39.0. The molecule has 0 saturated heterocycles. The second-order valence-corrected chi connectivity index (χ2v) is 6.31. The first-order valence-corrected chi connectivity index (χ1v) is 8.54. The Hall–Kier alpha value is -2.83. The van der Waals surface area contributed by atoms with E-state index >= 15 is 0 Å². The van der Waals surface area contributed by atoms with Crippen LogP contribution in [0.5, 0.6) is 0 Å². The quantitative estimate of drug-likeness (QED) is 0.771. The molecule has 0 radical (unpaired) electrons. The smallest absolute Gasteiger partial charge is 0.339 e. The Bertz CT molecular complexity index is 893. The zero-order valence-corrected chi connectivity index (χ0v) is 15.9. The Labute approximate surface area is 152 Å². The van der Waals surface area contributed by atoms with Crippen LogP contribution in [0.25, 0.3) is 0 Å². The van der Waals surface area contributed by atoms with Crippen LogP contribution in [0.2, 0.25) is 0 Å². The predicted octanol–water partition coefficient (Wildman–Crippen LogP) is 1.90. The van der Waals surface area contributed by atoms with Crippen molar-refractivity contribution in [3.8, 4) is 0 Å². The lowest BCUT2D eigenvalue weighted by Crippen LogP contribution is -2.31. The van der Waals surface area contributed by atoms with Gasteiger partial charge in [-0.3, -0.25) is 9.59 Å². The highest BCUT2D eigenvalue weighted by Crippen LogP contribution is 2.16. The lowest BCUT2D eigenvalue weighted by atomic mass is 10.1. The minimum Gasteiger partial charge on any atom is -0.462 e. The van der Waals surface area contributed by atoms with Gasteiger partial charge >= 0.3 is 5.97 Å². The Balaban J connectivity index is 2.09. The van der Waals surface area contributed by atoms with Gasteiger partial charge < -0.3 is 19.6 Å². The van der Waals surface area contributed by atoms with Gasteiger partial charge in [-0.1, -0.05) is 0 Å². The SMILES string of the molecule is CCOC(=O)c1cc(C)n(CC(=O)NCc2c(C)cc(C)[nH]c2=O)c1C. The number of pyridine rings is 1. The predicted molar refractivity (Wildman–Crippen MR) is 98.2 cm³/mol. The van der Waals surface area contributed by atoms with Gasteiger partial charge in [-0.25, -0.2) is 4.79 Å². The van der Waals surface area contributed by atoms with Crippen molar-refractivity contribution in [3.63, 3.8) is 0 Å². The third-order valence-corrected chi connectivity index (χ3v) is 4.33. The number of aryl methyl sites for hydroxylation is 3. The van der Waals surface area contributed by atoms with Gasteiger partial charge in [-0.2, -0.15) is 0 Å². The van der Waals surface area contributed by atoms with Gasteiger partial charge in [0, 0.05) is 29.2 Å². The molecule has 7 heteroatoms. The van der Waals surface area contributed by atoms with Crippen LogP contribution in [0, 0.1) is 27.7 Å². The van der Waals surface area contributed by atoms with Crippen LogP contribution >= 0.6 is 0 Å². The molecule has 0 bridgehead atoms. The number of nitrogens with one attached hydrogen (secondary N) is 2. The maximum Gasteiger partial charge on any atom is 0.339 e. The van der Waals surface area contributed by atoms with Gasteiger partial charge in [0.2, 0.25) is 5.91 Å². The molecule has 2 heterocycles. The standard InChI is InChI=1S/C19H25N3O4/c1-6-26-19(25)15-8-13(4)22(14(15)5)10-17(23)20-9-16-11(2)7-12(3)21-18(16)24/h7-8H,6,9-10H2,1-5H3,(H,20,23)(H,21,24). The molecule has 2 N–H and O–H groups in total. The van der Waals surface area contributed by atoms with E-state index in [4.69, 9.17) is 4.74 Å².